The Morgan fingerprint density at radius 1 is 0.433 bits per heavy atom. The normalized spacial score (nSPS) is 16.3. The number of hydrazine groups is 1. The average Bonchev–Trinajstić information content (AvgIpc) is 2.38. The van der Waals surface area contributed by atoms with Crippen LogP contribution >= 0.6 is 0 Å². The standard InChI is InChI=1S/C4F12N2O8S4/c5-1(6,7)27(19,20)17(28(21,22)2(8,9)10)18(29(23,24)3(11,12)13)30(25,26)4(14,15)16/q+1. The molecular formula is C4F12N2O8S4+. The monoisotopic (exact) mass is 560 g/mol. The molecule has 0 aromatic carbocycles. The van der Waals surface area contributed by atoms with Gasteiger partial charge in [-0.25, -0.2) is 0 Å². The van der Waals surface area contributed by atoms with Gasteiger partial charge in [0, 0.05) is 0 Å². The second kappa shape index (κ2) is 7.20. The molecule has 0 N–H and O–H groups in total. The fraction of sp³-hybridized carbons (Fsp3) is 1.00. The van der Waals surface area contributed by atoms with Crippen molar-refractivity contribution in [1.82, 2.24) is 7.64 Å². The Labute approximate surface area is 156 Å². The second-order valence-electron chi connectivity index (χ2n) is 4.16. The van der Waals surface area contributed by atoms with E-state index in [0.717, 1.165) is 0 Å². The Hall–Kier alpha value is -1.12. The third-order valence-corrected chi connectivity index (χ3v) is 9.53. The highest BCUT2D eigenvalue weighted by Crippen LogP contribution is 2.42. The number of halogens is 12. The van der Waals surface area contributed by atoms with Gasteiger partial charge in [0.05, 0.1) is 0 Å². The SMILES string of the molecule is O=S(=O)(N([N+](S(=O)(=O)C(F)(F)F)S(=O)(=O)C(F)(F)F)S(=O)(=O)C(F)(F)F)C(F)(F)F. The lowest BCUT2D eigenvalue weighted by Gasteiger charge is -2.23. The smallest absolute Gasteiger partial charge is 0.196 e. The summed E-state index contributed by atoms with van der Waals surface area (Å²) < 4.78 is 230. The molecule has 1 radical (unpaired) electrons. The molecule has 0 amide bonds. The van der Waals surface area contributed by atoms with Crippen molar-refractivity contribution < 1.29 is 86.4 Å². The summed E-state index contributed by atoms with van der Waals surface area (Å²) in [6.07, 6.45) is 0. The molecule has 0 aliphatic carbocycles. The minimum absolute atomic E-state index is 4.12. The van der Waals surface area contributed by atoms with Crippen LogP contribution in [0.1, 0.15) is 0 Å². The third-order valence-electron chi connectivity index (χ3n) is 2.13. The summed E-state index contributed by atoms with van der Waals surface area (Å²) in [5.74, 6) is 0. The average molecular weight is 560 g/mol. The maximum atomic E-state index is 12.5. The van der Waals surface area contributed by atoms with Gasteiger partial charge in [0.25, 0.3) is 0 Å². The van der Waals surface area contributed by atoms with E-state index < -0.39 is 69.8 Å². The second-order valence-corrected chi connectivity index (χ2v) is 11.7. The van der Waals surface area contributed by atoms with Crippen LogP contribution in [0.25, 0.3) is 0 Å². The molecule has 0 atom stereocenters. The van der Waals surface area contributed by atoms with Gasteiger partial charge in [-0.1, -0.05) is 0 Å². The maximum absolute atomic E-state index is 12.5. The lowest BCUT2D eigenvalue weighted by atomic mass is 11.6. The molecule has 30 heavy (non-hydrogen) atoms. The van der Waals surface area contributed by atoms with Gasteiger partial charge in [-0.05, 0) is 0 Å². The van der Waals surface area contributed by atoms with Crippen LogP contribution in [-0.4, -0.2) is 59.5 Å². The largest absolute Gasteiger partial charge is 0.558 e. The van der Waals surface area contributed by atoms with Crippen LogP contribution < -0.4 is 3.82 Å². The molecule has 10 nitrogen and oxygen atoms in total. The van der Waals surface area contributed by atoms with Gasteiger partial charge in [0.1, 0.15) is 0 Å². The first-order valence-corrected chi connectivity index (χ1v) is 11.1. The topological polar surface area (TPSA) is 146 Å². The first kappa shape index (κ1) is 28.9. The molecule has 0 unspecified atom stereocenters. The molecular weight excluding hydrogens is 560 g/mol. The van der Waals surface area contributed by atoms with E-state index in [0.29, 0.717) is 0 Å². The van der Waals surface area contributed by atoms with Crippen molar-refractivity contribution >= 4 is 40.1 Å². The number of alkyl halides is 12. The van der Waals surface area contributed by atoms with E-state index in [1.165, 1.54) is 0 Å². The van der Waals surface area contributed by atoms with Gasteiger partial charge in [-0.3, -0.25) is 0 Å². The van der Waals surface area contributed by atoms with Gasteiger partial charge in [-0.15, -0.1) is 0 Å². The summed E-state index contributed by atoms with van der Waals surface area (Å²) in [6.45, 7) is 0. The van der Waals surface area contributed by atoms with Gasteiger partial charge < -0.3 is 0 Å². The molecule has 0 aliphatic heterocycles. The van der Waals surface area contributed by atoms with Crippen molar-refractivity contribution in [3.63, 3.8) is 0 Å². The number of hydrogen-bond donors (Lipinski definition) is 0. The predicted octanol–water partition coefficient (Wildman–Crippen LogP) is 0.742. The van der Waals surface area contributed by atoms with E-state index in [1.807, 2.05) is 0 Å². The Morgan fingerprint density at radius 2 is 0.633 bits per heavy atom. The number of sulfonamides is 4. The Morgan fingerprint density at radius 3 is 0.767 bits per heavy atom. The number of rotatable bonds is 5. The first-order valence-electron chi connectivity index (χ1n) is 5.35. The Kier molecular flexibility index (Phi) is 6.93. The quantitative estimate of drug-likeness (QED) is 0.272. The molecule has 0 aromatic rings. The van der Waals surface area contributed by atoms with E-state index in [-0.39, 0.29) is 0 Å². The predicted molar refractivity (Wildman–Crippen MR) is 63.9 cm³/mol. The van der Waals surface area contributed by atoms with Crippen molar-refractivity contribution in [2.24, 2.45) is 0 Å². The molecule has 0 heterocycles. The van der Waals surface area contributed by atoms with Crippen molar-refractivity contribution in [3.8, 4) is 0 Å². The first-order chi connectivity index (χ1) is 12.5. The van der Waals surface area contributed by atoms with E-state index in [1.54, 1.807) is 0 Å². The molecule has 181 valence electrons. The number of nitrogens with zero attached hydrogens (tertiary/aromatic N) is 2. The highest BCUT2D eigenvalue weighted by molar-refractivity contribution is 8.10. The molecule has 0 aliphatic rings. The van der Waals surface area contributed by atoms with Crippen molar-refractivity contribution in [1.29, 1.82) is 0 Å². The summed E-state index contributed by atoms with van der Waals surface area (Å²) in [4.78, 5) is 0. The van der Waals surface area contributed by atoms with Crippen LogP contribution in [0.3, 0.4) is 0 Å². The molecule has 0 bridgehead atoms. The van der Waals surface area contributed by atoms with Gasteiger partial charge >= 0.3 is 62.1 Å². The summed E-state index contributed by atoms with van der Waals surface area (Å²) in [5, 5.41) is 0. The van der Waals surface area contributed by atoms with E-state index in [4.69, 9.17) is 0 Å². The van der Waals surface area contributed by atoms with Crippen LogP contribution in [0.15, 0.2) is 0 Å². The van der Waals surface area contributed by atoms with Crippen molar-refractivity contribution in [2.45, 2.75) is 22.0 Å². The minimum atomic E-state index is -8.77. The van der Waals surface area contributed by atoms with Crippen LogP contribution in [0.4, 0.5) is 52.7 Å². The van der Waals surface area contributed by atoms with E-state index >= 15 is 0 Å². The summed E-state index contributed by atoms with van der Waals surface area (Å²) in [5.41, 5.74) is -30.3. The maximum Gasteiger partial charge on any atom is 0.558 e. The van der Waals surface area contributed by atoms with Gasteiger partial charge in [0.2, 0.25) is 3.82 Å². The van der Waals surface area contributed by atoms with Crippen molar-refractivity contribution in [2.75, 3.05) is 0 Å². The molecule has 0 spiro atoms. The van der Waals surface area contributed by atoms with Gasteiger partial charge in [-0.2, -0.15) is 86.4 Å². The molecule has 0 saturated carbocycles. The zero-order valence-corrected chi connectivity index (χ0v) is 15.6. The lowest BCUT2D eigenvalue weighted by molar-refractivity contribution is -0.0622. The molecule has 0 saturated heterocycles. The summed E-state index contributed by atoms with van der Waals surface area (Å²) >= 11 is 0. The van der Waals surface area contributed by atoms with E-state index in [9.17, 15) is 86.4 Å². The summed E-state index contributed by atoms with van der Waals surface area (Å²) in [7, 11) is -35.1. The van der Waals surface area contributed by atoms with Crippen LogP contribution in [-0.2, 0) is 40.1 Å². The Bertz CT molecular complexity index is 911. The minimum Gasteiger partial charge on any atom is -0.196 e. The lowest BCUT2D eigenvalue weighted by Crippen LogP contribution is -2.67. The van der Waals surface area contributed by atoms with Crippen molar-refractivity contribution in [3.05, 3.63) is 0 Å². The highest BCUT2D eigenvalue weighted by Gasteiger charge is 2.82. The fourth-order valence-corrected chi connectivity index (χ4v) is 7.56. The fourth-order valence-electron chi connectivity index (χ4n) is 0.964. The number of hydrogen-bond acceptors (Lipinski definition) is 8. The molecule has 0 fully saturated rings. The Balaban J connectivity index is 8.07. The highest BCUT2D eigenvalue weighted by atomic mass is 32.3. The molecule has 0 rings (SSSR count). The summed E-state index contributed by atoms with van der Waals surface area (Å²) in [6, 6.07) is 0. The van der Waals surface area contributed by atoms with Crippen LogP contribution in [0.2, 0.25) is 0 Å². The third kappa shape index (κ3) is 4.55. The van der Waals surface area contributed by atoms with E-state index in [2.05, 4.69) is 0 Å². The zero-order chi connectivity index (χ0) is 25.2. The van der Waals surface area contributed by atoms with Gasteiger partial charge in [0.15, 0.2) is 3.82 Å². The molecule has 0 aromatic heterocycles. The molecule has 26 heteroatoms. The zero-order valence-electron chi connectivity index (χ0n) is 12.3. The van der Waals surface area contributed by atoms with Crippen LogP contribution in [0, 0.1) is 0 Å². The van der Waals surface area contributed by atoms with Crippen LogP contribution in [0.5, 0.6) is 0 Å².